The fraction of sp³-hybridized carbons (Fsp3) is 0.500. The summed E-state index contributed by atoms with van der Waals surface area (Å²) in [6, 6.07) is 7.01. The van der Waals surface area contributed by atoms with E-state index in [1.54, 1.807) is 18.2 Å². The SMILES string of the molecule is CC1CN(S(=O)(=O)CCNC(=O)c2ccccc2Br)CCO1. The average molecular weight is 391 g/mol. The van der Waals surface area contributed by atoms with Crippen LogP contribution in [-0.2, 0) is 14.8 Å². The highest BCUT2D eigenvalue weighted by Crippen LogP contribution is 2.15. The standard InChI is InChI=1S/C14H19BrN2O4S/c1-11-10-17(7-8-21-11)22(19,20)9-6-16-14(18)12-4-2-3-5-13(12)15/h2-5,11H,6-10H2,1H3,(H,16,18). The number of benzene rings is 1. The van der Waals surface area contributed by atoms with Crippen LogP contribution in [0.3, 0.4) is 0 Å². The van der Waals surface area contributed by atoms with E-state index in [4.69, 9.17) is 4.74 Å². The second-order valence-corrected chi connectivity index (χ2v) is 8.03. The Balaban J connectivity index is 1.87. The third kappa shape index (κ3) is 4.52. The zero-order chi connectivity index (χ0) is 16.2. The molecule has 122 valence electrons. The molecule has 1 aromatic rings. The summed E-state index contributed by atoms with van der Waals surface area (Å²) in [5.74, 6) is -0.409. The quantitative estimate of drug-likeness (QED) is 0.820. The van der Waals surface area contributed by atoms with Crippen LogP contribution in [0.1, 0.15) is 17.3 Å². The van der Waals surface area contributed by atoms with E-state index in [9.17, 15) is 13.2 Å². The van der Waals surface area contributed by atoms with Gasteiger partial charge in [0.05, 0.1) is 24.0 Å². The highest BCUT2D eigenvalue weighted by atomic mass is 79.9. The van der Waals surface area contributed by atoms with Crippen molar-refractivity contribution < 1.29 is 17.9 Å². The molecule has 6 nitrogen and oxygen atoms in total. The molecule has 1 unspecified atom stereocenters. The normalized spacial score (nSPS) is 19.8. The van der Waals surface area contributed by atoms with Crippen molar-refractivity contribution in [2.75, 3.05) is 32.0 Å². The van der Waals surface area contributed by atoms with E-state index >= 15 is 0 Å². The first-order valence-corrected chi connectivity index (χ1v) is 9.42. The Morgan fingerprint density at radius 3 is 2.86 bits per heavy atom. The summed E-state index contributed by atoms with van der Waals surface area (Å²) in [5, 5.41) is 2.64. The predicted molar refractivity (Wildman–Crippen MR) is 87.2 cm³/mol. The Morgan fingerprint density at radius 2 is 2.18 bits per heavy atom. The van der Waals surface area contributed by atoms with Gasteiger partial charge in [-0.3, -0.25) is 4.79 Å². The van der Waals surface area contributed by atoms with Crippen LogP contribution < -0.4 is 5.32 Å². The summed E-state index contributed by atoms with van der Waals surface area (Å²) >= 11 is 3.30. The van der Waals surface area contributed by atoms with E-state index in [0.717, 1.165) is 0 Å². The summed E-state index contributed by atoms with van der Waals surface area (Å²) < 4.78 is 31.9. The first kappa shape index (κ1) is 17.4. The molecule has 1 saturated heterocycles. The number of nitrogens with one attached hydrogen (secondary N) is 1. The maximum absolute atomic E-state index is 12.2. The maximum Gasteiger partial charge on any atom is 0.252 e. The molecule has 22 heavy (non-hydrogen) atoms. The zero-order valence-electron chi connectivity index (χ0n) is 12.3. The summed E-state index contributed by atoms with van der Waals surface area (Å²) in [4.78, 5) is 12.0. The molecule has 0 aromatic heterocycles. The van der Waals surface area contributed by atoms with Crippen LogP contribution in [0.25, 0.3) is 0 Å². The van der Waals surface area contributed by atoms with Crippen molar-refractivity contribution in [1.29, 1.82) is 0 Å². The van der Waals surface area contributed by atoms with Gasteiger partial charge in [-0.15, -0.1) is 0 Å². The second kappa shape index (κ2) is 7.54. The van der Waals surface area contributed by atoms with Crippen molar-refractivity contribution in [3.8, 4) is 0 Å². The van der Waals surface area contributed by atoms with Gasteiger partial charge in [-0.1, -0.05) is 12.1 Å². The summed E-state index contributed by atoms with van der Waals surface area (Å²) in [6.45, 7) is 3.06. The van der Waals surface area contributed by atoms with Gasteiger partial charge in [0.25, 0.3) is 5.91 Å². The average Bonchev–Trinajstić information content (AvgIpc) is 2.47. The number of hydrogen-bond donors (Lipinski definition) is 1. The van der Waals surface area contributed by atoms with Crippen LogP contribution in [0.5, 0.6) is 0 Å². The molecule has 1 fully saturated rings. The molecule has 1 N–H and O–H groups in total. The number of nitrogens with zero attached hydrogens (tertiary/aromatic N) is 1. The third-order valence-corrected chi connectivity index (χ3v) is 5.89. The van der Waals surface area contributed by atoms with Crippen molar-refractivity contribution in [2.24, 2.45) is 0 Å². The molecule has 1 amide bonds. The molecule has 1 aromatic carbocycles. The topological polar surface area (TPSA) is 75.7 Å². The van der Waals surface area contributed by atoms with E-state index in [1.807, 2.05) is 13.0 Å². The Kier molecular flexibility index (Phi) is 5.96. The number of morpholine rings is 1. The number of halogens is 1. The molecule has 1 atom stereocenters. The van der Waals surface area contributed by atoms with Gasteiger partial charge in [0.2, 0.25) is 10.0 Å². The second-order valence-electron chi connectivity index (χ2n) is 5.09. The maximum atomic E-state index is 12.2. The van der Waals surface area contributed by atoms with Gasteiger partial charge in [-0.25, -0.2) is 8.42 Å². The number of carbonyl (C=O) groups is 1. The monoisotopic (exact) mass is 390 g/mol. The minimum atomic E-state index is -3.38. The molecule has 1 aliphatic heterocycles. The fourth-order valence-corrected chi connectivity index (χ4v) is 4.08. The molecule has 0 bridgehead atoms. The lowest BCUT2D eigenvalue weighted by molar-refractivity contribution is 0.0102. The lowest BCUT2D eigenvalue weighted by Crippen LogP contribution is -2.46. The van der Waals surface area contributed by atoms with Gasteiger partial charge in [0.15, 0.2) is 0 Å². The number of amides is 1. The fourth-order valence-electron chi connectivity index (χ4n) is 2.20. The van der Waals surface area contributed by atoms with E-state index in [2.05, 4.69) is 21.2 Å². The molecular formula is C14H19BrN2O4S. The lowest BCUT2D eigenvalue weighted by atomic mass is 10.2. The zero-order valence-corrected chi connectivity index (χ0v) is 14.7. The van der Waals surface area contributed by atoms with Crippen LogP contribution in [0.15, 0.2) is 28.7 Å². The Morgan fingerprint density at radius 1 is 1.45 bits per heavy atom. The van der Waals surface area contributed by atoms with Gasteiger partial charge < -0.3 is 10.1 Å². The summed E-state index contributed by atoms with van der Waals surface area (Å²) in [7, 11) is -3.38. The Hall–Kier alpha value is -0.960. The molecule has 8 heteroatoms. The molecule has 0 aliphatic carbocycles. The highest BCUT2D eigenvalue weighted by Gasteiger charge is 2.27. The van der Waals surface area contributed by atoms with Crippen LogP contribution in [0.4, 0.5) is 0 Å². The minimum Gasteiger partial charge on any atom is -0.376 e. The first-order chi connectivity index (χ1) is 10.4. The minimum absolute atomic E-state index is 0.0776. The van der Waals surface area contributed by atoms with Gasteiger partial charge >= 0.3 is 0 Å². The highest BCUT2D eigenvalue weighted by molar-refractivity contribution is 9.10. The molecular weight excluding hydrogens is 372 g/mol. The van der Waals surface area contributed by atoms with Crippen molar-refractivity contribution in [1.82, 2.24) is 9.62 Å². The summed E-state index contributed by atoms with van der Waals surface area (Å²) in [5.41, 5.74) is 0.486. The third-order valence-electron chi connectivity index (χ3n) is 3.36. The number of rotatable bonds is 5. The van der Waals surface area contributed by atoms with E-state index in [0.29, 0.717) is 29.7 Å². The molecule has 0 radical (unpaired) electrons. The van der Waals surface area contributed by atoms with Crippen molar-refractivity contribution >= 4 is 31.9 Å². The van der Waals surface area contributed by atoms with Gasteiger partial charge in [-0.2, -0.15) is 4.31 Å². The number of sulfonamides is 1. The van der Waals surface area contributed by atoms with Crippen molar-refractivity contribution in [3.63, 3.8) is 0 Å². The van der Waals surface area contributed by atoms with Crippen LogP contribution in [0.2, 0.25) is 0 Å². The lowest BCUT2D eigenvalue weighted by Gasteiger charge is -2.30. The first-order valence-electron chi connectivity index (χ1n) is 7.02. The largest absolute Gasteiger partial charge is 0.376 e. The van der Waals surface area contributed by atoms with Crippen molar-refractivity contribution in [3.05, 3.63) is 34.3 Å². The Labute approximate surface area is 139 Å². The van der Waals surface area contributed by atoms with Crippen LogP contribution in [0, 0.1) is 0 Å². The summed E-state index contributed by atoms with van der Waals surface area (Å²) in [6.07, 6.45) is -0.0987. The predicted octanol–water partition coefficient (Wildman–Crippen LogP) is 1.23. The van der Waals surface area contributed by atoms with E-state index < -0.39 is 10.0 Å². The van der Waals surface area contributed by atoms with E-state index in [1.165, 1.54) is 4.31 Å². The number of hydrogen-bond acceptors (Lipinski definition) is 4. The van der Waals surface area contributed by atoms with Crippen LogP contribution >= 0.6 is 15.9 Å². The number of carbonyl (C=O) groups excluding carboxylic acids is 1. The van der Waals surface area contributed by atoms with E-state index in [-0.39, 0.29) is 24.3 Å². The molecule has 1 heterocycles. The van der Waals surface area contributed by atoms with Gasteiger partial charge in [0.1, 0.15) is 0 Å². The molecule has 0 spiro atoms. The number of ether oxygens (including phenoxy) is 1. The van der Waals surface area contributed by atoms with Crippen LogP contribution in [-0.4, -0.2) is 56.7 Å². The van der Waals surface area contributed by atoms with Gasteiger partial charge in [-0.05, 0) is 35.0 Å². The van der Waals surface area contributed by atoms with Crippen molar-refractivity contribution in [2.45, 2.75) is 13.0 Å². The smallest absolute Gasteiger partial charge is 0.252 e. The Bertz CT molecular complexity index is 635. The molecule has 0 saturated carbocycles. The molecule has 2 rings (SSSR count). The van der Waals surface area contributed by atoms with Gasteiger partial charge in [0, 0.05) is 24.1 Å². The molecule has 1 aliphatic rings.